The van der Waals surface area contributed by atoms with Gasteiger partial charge >= 0.3 is 5.97 Å². The summed E-state index contributed by atoms with van der Waals surface area (Å²) in [5, 5.41) is 11.9. The van der Waals surface area contributed by atoms with Crippen molar-refractivity contribution in [1.82, 2.24) is 5.32 Å². The quantitative estimate of drug-likeness (QED) is 0.793. The van der Waals surface area contributed by atoms with Gasteiger partial charge in [-0.05, 0) is 24.7 Å². The molecular weight excluding hydrogens is 206 g/mol. The minimum Gasteiger partial charge on any atom is -0.496 e. The molecule has 0 atom stereocenters. The van der Waals surface area contributed by atoms with Gasteiger partial charge in [0, 0.05) is 6.54 Å². The Hall–Kier alpha value is -1.81. The number of nitrogens with one attached hydrogen (secondary N) is 1. The van der Waals surface area contributed by atoms with Crippen LogP contribution in [-0.2, 0) is 0 Å². The molecule has 0 radical (unpaired) electrons. The third-order valence-corrected chi connectivity index (χ3v) is 2.09. The summed E-state index contributed by atoms with van der Waals surface area (Å²) in [4.78, 5) is 10.9. The van der Waals surface area contributed by atoms with E-state index in [1.165, 1.54) is 7.11 Å². The van der Waals surface area contributed by atoms with Crippen molar-refractivity contribution in [2.24, 2.45) is 0 Å². The molecule has 16 heavy (non-hydrogen) atoms. The summed E-state index contributed by atoms with van der Waals surface area (Å²) in [7, 11) is 3.30. The Labute approximate surface area is 94.6 Å². The van der Waals surface area contributed by atoms with Crippen LogP contribution in [0.3, 0.4) is 0 Å². The summed E-state index contributed by atoms with van der Waals surface area (Å²) < 4.78 is 4.97. The van der Waals surface area contributed by atoms with Crippen LogP contribution in [0.4, 0.5) is 0 Å². The highest BCUT2D eigenvalue weighted by atomic mass is 16.5. The highest BCUT2D eigenvalue weighted by Gasteiger charge is 2.10. The van der Waals surface area contributed by atoms with Crippen LogP contribution in [0.1, 0.15) is 15.9 Å². The van der Waals surface area contributed by atoms with Crippen molar-refractivity contribution in [2.75, 3.05) is 20.7 Å². The predicted molar refractivity (Wildman–Crippen MR) is 62.9 cm³/mol. The molecule has 0 aromatic heterocycles. The molecule has 0 amide bonds. The van der Waals surface area contributed by atoms with Gasteiger partial charge in [-0.25, -0.2) is 4.79 Å². The Morgan fingerprint density at radius 1 is 1.56 bits per heavy atom. The first-order valence-corrected chi connectivity index (χ1v) is 4.91. The van der Waals surface area contributed by atoms with Crippen molar-refractivity contribution in [2.45, 2.75) is 0 Å². The Balaban J connectivity index is 2.98. The summed E-state index contributed by atoms with van der Waals surface area (Å²) in [6.07, 6.45) is 3.79. The van der Waals surface area contributed by atoms with E-state index in [1.807, 2.05) is 25.3 Å². The van der Waals surface area contributed by atoms with Crippen LogP contribution in [-0.4, -0.2) is 31.8 Å². The summed E-state index contributed by atoms with van der Waals surface area (Å²) >= 11 is 0. The fraction of sp³-hybridized carbons (Fsp3) is 0.250. The van der Waals surface area contributed by atoms with E-state index < -0.39 is 5.97 Å². The predicted octanol–water partition coefficient (Wildman–Crippen LogP) is 1.63. The van der Waals surface area contributed by atoms with E-state index in [0.717, 1.165) is 12.1 Å². The zero-order chi connectivity index (χ0) is 12.0. The van der Waals surface area contributed by atoms with Crippen molar-refractivity contribution in [3.05, 3.63) is 35.4 Å². The minimum absolute atomic E-state index is 0.175. The molecular formula is C12H15NO3. The Morgan fingerprint density at radius 3 is 2.88 bits per heavy atom. The van der Waals surface area contributed by atoms with Crippen LogP contribution in [0.5, 0.6) is 5.75 Å². The molecule has 1 rings (SSSR count). The van der Waals surface area contributed by atoms with Gasteiger partial charge in [0.1, 0.15) is 11.3 Å². The number of carbonyl (C=O) groups is 1. The molecule has 4 heteroatoms. The van der Waals surface area contributed by atoms with E-state index >= 15 is 0 Å². The van der Waals surface area contributed by atoms with Crippen LogP contribution in [0.2, 0.25) is 0 Å². The molecule has 86 valence electrons. The normalized spacial score (nSPS) is 10.6. The van der Waals surface area contributed by atoms with Crippen LogP contribution >= 0.6 is 0 Å². The number of likely N-dealkylation sites (N-methyl/N-ethyl adjacent to an activating group) is 1. The fourth-order valence-electron chi connectivity index (χ4n) is 1.31. The van der Waals surface area contributed by atoms with Gasteiger partial charge in [-0.1, -0.05) is 18.2 Å². The summed E-state index contributed by atoms with van der Waals surface area (Å²) in [6, 6.07) is 5.06. The van der Waals surface area contributed by atoms with Gasteiger partial charge in [-0.15, -0.1) is 0 Å². The number of aromatic carboxylic acids is 1. The molecule has 2 N–H and O–H groups in total. The first-order chi connectivity index (χ1) is 7.69. The molecule has 4 nitrogen and oxygen atoms in total. The molecule has 0 aliphatic carbocycles. The molecule has 0 bridgehead atoms. The van der Waals surface area contributed by atoms with E-state index in [9.17, 15) is 4.79 Å². The maximum absolute atomic E-state index is 10.9. The lowest BCUT2D eigenvalue weighted by Gasteiger charge is -2.05. The van der Waals surface area contributed by atoms with E-state index in [0.29, 0.717) is 5.75 Å². The smallest absolute Gasteiger partial charge is 0.339 e. The molecule has 0 saturated carbocycles. The van der Waals surface area contributed by atoms with Crippen molar-refractivity contribution < 1.29 is 14.6 Å². The number of ether oxygens (including phenoxy) is 1. The molecule has 0 spiro atoms. The highest BCUT2D eigenvalue weighted by Crippen LogP contribution is 2.20. The number of hydrogen-bond donors (Lipinski definition) is 2. The van der Waals surface area contributed by atoms with E-state index in [1.54, 1.807) is 12.1 Å². The van der Waals surface area contributed by atoms with Crippen LogP contribution in [0.15, 0.2) is 24.3 Å². The fourth-order valence-corrected chi connectivity index (χ4v) is 1.31. The molecule has 0 aliphatic heterocycles. The molecule has 1 aromatic carbocycles. The number of hydrogen-bond acceptors (Lipinski definition) is 3. The Kier molecular flexibility index (Phi) is 4.54. The number of carboxylic acid groups (broad SMARTS) is 1. The maximum Gasteiger partial charge on any atom is 0.339 e. The van der Waals surface area contributed by atoms with Crippen LogP contribution < -0.4 is 10.1 Å². The molecule has 0 heterocycles. The number of rotatable bonds is 5. The second-order valence-electron chi connectivity index (χ2n) is 3.22. The van der Waals surface area contributed by atoms with Gasteiger partial charge in [-0.3, -0.25) is 0 Å². The number of methoxy groups -OCH3 is 1. The lowest BCUT2D eigenvalue weighted by molar-refractivity contribution is 0.0693. The zero-order valence-electron chi connectivity index (χ0n) is 9.36. The minimum atomic E-state index is -0.985. The monoisotopic (exact) mass is 221 g/mol. The van der Waals surface area contributed by atoms with E-state index in [4.69, 9.17) is 9.84 Å². The van der Waals surface area contributed by atoms with Crippen molar-refractivity contribution in [1.29, 1.82) is 0 Å². The average molecular weight is 221 g/mol. The molecule has 0 fully saturated rings. The SMILES string of the molecule is CNCC=Cc1ccc(OC)c(C(=O)O)c1. The molecule has 0 unspecified atom stereocenters. The lowest BCUT2D eigenvalue weighted by atomic mass is 10.1. The van der Waals surface area contributed by atoms with Crippen LogP contribution in [0, 0.1) is 0 Å². The second kappa shape index (κ2) is 5.92. The van der Waals surface area contributed by atoms with E-state index in [-0.39, 0.29) is 5.56 Å². The van der Waals surface area contributed by atoms with Gasteiger partial charge in [0.05, 0.1) is 7.11 Å². The number of benzene rings is 1. The van der Waals surface area contributed by atoms with Gasteiger partial charge in [0.15, 0.2) is 0 Å². The first-order valence-electron chi connectivity index (χ1n) is 4.91. The number of carboxylic acids is 1. The van der Waals surface area contributed by atoms with Crippen LogP contribution in [0.25, 0.3) is 6.08 Å². The first kappa shape index (κ1) is 12.3. The molecule has 0 saturated heterocycles. The molecule has 0 aliphatic rings. The Morgan fingerprint density at radius 2 is 2.31 bits per heavy atom. The topological polar surface area (TPSA) is 58.6 Å². The zero-order valence-corrected chi connectivity index (χ0v) is 9.36. The van der Waals surface area contributed by atoms with E-state index in [2.05, 4.69) is 5.32 Å². The largest absolute Gasteiger partial charge is 0.496 e. The van der Waals surface area contributed by atoms with Gasteiger partial charge in [-0.2, -0.15) is 0 Å². The summed E-state index contributed by atoms with van der Waals surface area (Å²) in [6.45, 7) is 0.744. The molecule has 1 aromatic rings. The summed E-state index contributed by atoms with van der Waals surface area (Å²) in [5.41, 5.74) is 1.02. The Bertz CT molecular complexity index is 399. The van der Waals surface area contributed by atoms with Crippen molar-refractivity contribution in [3.63, 3.8) is 0 Å². The van der Waals surface area contributed by atoms with Gasteiger partial charge < -0.3 is 15.2 Å². The summed E-state index contributed by atoms with van der Waals surface area (Å²) in [5.74, 6) is -0.612. The third-order valence-electron chi connectivity index (χ3n) is 2.09. The maximum atomic E-state index is 10.9. The van der Waals surface area contributed by atoms with Crippen molar-refractivity contribution >= 4 is 12.0 Å². The average Bonchev–Trinajstić information content (AvgIpc) is 2.29. The van der Waals surface area contributed by atoms with Crippen molar-refractivity contribution in [3.8, 4) is 5.75 Å². The highest BCUT2D eigenvalue weighted by molar-refractivity contribution is 5.91. The standard InChI is InChI=1S/C12H15NO3/c1-13-7-3-4-9-5-6-11(16-2)10(8-9)12(14)15/h3-6,8,13H,7H2,1-2H3,(H,14,15). The van der Waals surface area contributed by atoms with Gasteiger partial charge in [0.25, 0.3) is 0 Å². The third kappa shape index (κ3) is 3.10. The second-order valence-corrected chi connectivity index (χ2v) is 3.22. The van der Waals surface area contributed by atoms with Gasteiger partial charge in [0.2, 0.25) is 0 Å². The lowest BCUT2D eigenvalue weighted by Crippen LogP contribution is -2.04.